The van der Waals surface area contributed by atoms with E-state index in [9.17, 15) is 5.11 Å². The van der Waals surface area contributed by atoms with Gasteiger partial charge in [-0.15, -0.1) is 5.11 Å². The zero-order valence-corrected chi connectivity index (χ0v) is 5.18. The first-order chi connectivity index (χ1) is 4.88. The van der Waals surface area contributed by atoms with Crippen molar-refractivity contribution in [1.82, 2.24) is 9.55 Å². The predicted molar refractivity (Wildman–Crippen MR) is 32.9 cm³/mol. The monoisotopic (exact) mass is 138 g/mol. The fraction of sp³-hybridized carbons (Fsp3) is 0.400. The highest BCUT2D eigenvalue weighted by Crippen LogP contribution is 2.19. The van der Waals surface area contributed by atoms with Crippen LogP contribution in [0.3, 0.4) is 0 Å². The molecule has 1 aliphatic heterocycles. The fourth-order valence-corrected chi connectivity index (χ4v) is 0.880. The lowest BCUT2D eigenvalue weighted by atomic mass is 10.5. The second kappa shape index (κ2) is 1.88. The van der Waals surface area contributed by atoms with E-state index in [1.54, 1.807) is 17.0 Å². The molecule has 0 aromatic carbocycles. The molecule has 1 aromatic heterocycles. The van der Waals surface area contributed by atoms with Gasteiger partial charge in [0.2, 0.25) is 0 Å². The van der Waals surface area contributed by atoms with Crippen molar-refractivity contribution in [1.29, 1.82) is 0 Å². The Morgan fingerprint density at radius 3 is 3.40 bits per heavy atom. The topological polar surface area (TPSA) is 62.8 Å². The SMILES string of the molecule is OC1CN=Nc2nccn21. The molecule has 1 unspecified atom stereocenters. The maximum atomic E-state index is 9.22. The Bertz CT molecular complexity index is 266. The lowest BCUT2D eigenvalue weighted by Crippen LogP contribution is -2.12. The molecule has 2 heterocycles. The Hall–Kier alpha value is -1.23. The average Bonchev–Trinajstić information content (AvgIpc) is 2.36. The molecule has 0 saturated heterocycles. The Balaban J connectivity index is 2.52. The van der Waals surface area contributed by atoms with E-state index in [0.29, 0.717) is 12.5 Å². The van der Waals surface area contributed by atoms with E-state index in [2.05, 4.69) is 15.2 Å². The first-order valence-corrected chi connectivity index (χ1v) is 2.96. The van der Waals surface area contributed by atoms with E-state index in [0.717, 1.165) is 0 Å². The van der Waals surface area contributed by atoms with Crippen molar-refractivity contribution in [2.45, 2.75) is 6.23 Å². The van der Waals surface area contributed by atoms with Gasteiger partial charge in [-0.3, -0.25) is 4.57 Å². The van der Waals surface area contributed by atoms with Crippen LogP contribution in [0.1, 0.15) is 6.23 Å². The first-order valence-electron chi connectivity index (χ1n) is 2.96. The number of aliphatic hydroxyl groups excluding tert-OH is 1. The largest absolute Gasteiger partial charge is 0.371 e. The van der Waals surface area contributed by atoms with Gasteiger partial charge in [-0.25, -0.2) is 4.98 Å². The number of azo groups is 1. The van der Waals surface area contributed by atoms with Gasteiger partial charge in [-0.2, -0.15) is 5.11 Å². The van der Waals surface area contributed by atoms with Gasteiger partial charge in [0.25, 0.3) is 5.95 Å². The molecule has 0 spiro atoms. The van der Waals surface area contributed by atoms with Gasteiger partial charge >= 0.3 is 0 Å². The standard InChI is InChI=1S/C5H6N4O/c10-4-3-7-8-5-6-1-2-9(4)5/h1-2,4,10H,3H2. The highest BCUT2D eigenvalue weighted by Gasteiger charge is 2.13. The quantitative estimate of drug-likeness (QED) is 0.566. The van der Waals surface area contributed by atoms with Crippen LogP contribution >= 0.6 is 0 Å². The number of aromatic nitrogens is 2. The molecule has 0 aliphatic carbocycles. The van der Waals surface area contributed by atoms with Crippen molar-refractivity contribution in [2.24, 2.45) is 10.2 Å². The summed E-state index contributed by atoms with van der Waals surface area (Å²) < 4.78 is 1.58. The maximum absolute atomic E-state index is 9.22. The fourth-order valence-electron chi connectivity index (χ4n) is 0.880. The molecule has 0 radical (unpaired) electrons. The normalized spacial score (nSPS) is 22.7. The summed E-state index contributed by atoms with van der Waals surface area (Å²) in [6, 6.07) is 0. The van der Waals surface area contributed by atoms with Crippen molar-refractivity contribution in [3.8, 4) is 0 Å². The van der Waals surface area contributed by atoms with E-state index in [-0.39, 0.29) is 0 Å². The summed E-state index contributed by atoms with van der Waals surface area (Å²) in [7, 11) is 0. The van der Waals surface area contributed by atoms with Crippen molar-refractivity contribution < 1.29 is 5.11 Å². The van der Waals surface area contributed by atoms with Crippen molar-refractivity contribution in [2.75, 3.05) is 6.54 Å². The molecule has 1 atom stereocenters. The summed E-state index contributed by atoms with van der Waals surface area (Å²) in [6.07, 6.45) is 2.68. The molecule has 0 amide bonds. The summed E-state index contributed by atoms with van der Waals surface area (Å²) in [5.74, 6) is 0.471. The lowest BCUT2D eigenvalue weighted by molar-refractivity contribution is 0.108. The summed E-state index contributed by atoms with van der Waals surface area (Å²) in [5, 5.41) is 16.6. The molecular formula is C5H6N4O. The number of rotatable bonds is 0. The third kappa shape index (κ3) is 0.640. The van der Waals surface area contributed by atoms with E-state index in [4.69, 9.17) is 0 Å². The Morgan fingerprint density at radius 1 is 1.70 bits per heavy atom. The molecule has 1 aromatic rings. The van der Waals surface area contributed by atoms with Crippen LogP contribution in [0, 0.1) is 0 Å². The maximum Gasteiger partial charge on any atom is 0.251 e. The molecular weight excluding hydrogens is 132 g/mol. The zero-order chi connectivity index (χ0) is 6.97. The number of imidazole rings is 1. The lowest BCUT2D eigenvalue weighted by Gasteiger charge is -2.12. The van der Waals surface area contributed by atoms with Crippen LogP contribution in [0.15, 0.2) is 22.6 Å². The molecule has 0 bridgehead atoms. The van der Waals surface area contributed by atoms with Gasteiger partial charge in [0.1, 0.15) is 6.54 Å². The summed E-state index contributed by atoms with van der Waals surface area (Å²) in [4.78, 5) is 3.85. The van der Waals surface area contributed by atoms with Crippen molar-refractivity contribution in [3.05, 3.63) is 12.4 Å². The van der Waals surface area contributed by atoms with Crippen LogP contribution in [0.2, 0.25) is 0 Å². The Labute approximate surface area is 57.0 Å². The molecule has 0 fully saturated rings. The van der Waals surface area contributed by atoms with E-state index in [1.165, 1.54) is 0 Å². The second-order valence-electron chi connectivity index (χ2n) is 2.04. The Morgan fingerprint density at radius 2 is 2.60 bits per heavy atom. The van der Waals surface area contributed by atoms with Crippen LogP contribution in [0.25, 0.3) is 0 Å². The zero-order valence-electron chi connectivity index (χ0n) is 5.18. The second-order valence-corrected chi connectivity index (χ2v) is 2.04. The van der Waals surface area contributed by atoms with Gasteiger partial charge in [-0.1, -0.05) is 0 Å². The van der Waals surface area contributed by atoms with Gasteiger partial charge in [0.05, 0.1) is 0 Å². The van der Waals surface area contributed by atoms with Crippen LogP contribution in [-0.4, -0.2) is 21.2 Å². The summed E-state index contributed by atoms with van der Waals surface area (Å²) >= 11 is 0. The number of fused-ring (bicyclic) bond motifs is 1. The molecule has 2 rings (SSSR count). The smallest absolute Gasteiger partial charge is 0.251 e. The Kier molecular flexibility index (Phi) is 1.04. The van der Waals surface area contributed by atoms with E-state index in [1.807, 2.05) is 0 Å². The summed E-state index contributed by atoms with van der Waals surface area (Å²) in [5.41, 5.74) is 0. The summed E-state index contributed by atoms with van der Waals surface area (Å²) in [6.45, 7) is 0.323. The highest BCUT2D eigenvalue weighted by atomic mass is 16.3. The van der Waals surface area contributed by atoms with Crippen LogP contribution in [0.5, 0.6) is 0 Å². The van der Waals surface area contributed by atoms with Crippen molar-refractivity contribution in [3.63, 3.8) is 0 Å². The minimum absolute atomic E-state index is 0.323. The molecule has 5 nitrogen and oxygen atoms in total. The van der Waals surface area contributed by atoms with Crippen LogP contribution in [-0.2, 0) is 0 Å². The minimum Gasteiger partial charge on any atom is -0.371 e. The van der Waals surface area contributed by atoms with Gasteiger partial charge in [0, 0.05) is 12.4 Å². The van der Waals surface area contributed by atoms with E-state index < -0.39 is 6.23 Å². The van der Waals surface area contributed by atoms with E-state index >= 15 is 0 Å². The van der Waals surface area contributed by atoms with Gasteiger partial charge in [0.15, 0.2) is 6.23 Å². The molecule has 1 N–H and O–H groups in total. The number of hydrogen-bond acceptors (Lipinski definition) is 4. The third-order valence-electron chi connectivity index (χ3n) is 1.37. The number of nitrogens with zero attached hydrogens (tertiary/aromatic N) is 4. The molecule has 1 aliphatic rings. The third-order valence-corrected chi connectivity index (χ3v) is 1.37. The van der Waals surface area contributed by atoms with Gasteiger partial charge in [-0.05, 0) is 0 Å². The molecule has 5 heteroatoms. The first kappa shape index (κ1) is 5.55. The average molecular weight is 138 g/mol. The van der Waals surface area contributed by atoms with Crippen molar-refractivity contribution >= 4 is 5.95 Å². The minimum atomic E-state index is -0.588. The molecule has 10 heavy (non-hydrogen) atoms. The van der Waals surface area contributed by atoms with Crippen LogP contribution in [0.4, 0.5) is 5.95 Å². The highest BCUT2D eigenvalue weighted by molar-refractivity contribution is 5.17. The van der Waals surface area contributed by atoms with Gasteiger partial charge < -0.3 is 5.11 Å². The predicted octanol–water partition coefficient (Wildman–Crippen LogP) is 0.471. The number of hydrogen-bond donors (Lipinski definition) is 1. The molecule has 52 valence electrons. The molecule has 0 saturated carbocycles. The van der Waals surface area contributed by atoms with Crippen LogP contribution < -0.4 is 0 Å². The number of aliphatic hydroxyl groups is 1.